The van der Waals surface area contributed by atoms with Crippen molar-refractivity contribution in [1.82, 2.24) is 4.57 Å². The average Bonchev–Trinajstić information content (AvgIpc) is 3.93. The molecule has 3 heteroatoms. The van der Waals surface area contributed by atoms with E-state index in [1.807, 2.05) is 6.07 Å². The minimum Gasteiger partial charge on any atom is -0.456 e. The summed E-state index contributed by atoms with van der Waals surface area (Å²) in [7, 11) is 0. The lowest BCUT2D eigenvalue weighted by Crippen LogP contribution is -2.15. The third-order valence-electron chi connectivity index (χ3n) is 12.8. The first-order chi connectivity index (χ1) is 28.7. The number of aromatic nitrogens is 1. The zero-order chi connectivity index (χ0) is 38.7. The summed E-state index contributed by atoms with van der Waals surface area (Å²) in [4.78, 5) is 5.78. The van der Waals surface area contributed by atoms with Crippen molar-refractivity contribution in [3.8, 4) is 16.8 Å². The Hall–Kier alpha value is -6.71. The van der Waals surface area contributed by atoms with Gasteiger partial charge in [-0.15, -0.1) is 0 Å². The molecule has 2 unspecified atom stereocenters. The molecule has 7 aromatic carbocycles. The third kappa shape index (κ3) is 5.52. The second-order valence-electron chi connectivity index (χ2n) is 16.0. The van der Waals surface area contributed by atoms with E-state index in [2.05, 4.69) is 182 Å². The van der Waals surface area contributed by atoms with Gasteiger partial charge in [-0.1, -0.05) is 141 Å². The van der Waals surface area contributed by atoms with Gasteiger partial charge in [0.2, 0.25) is 0 Å². The van der Waals surface area contributed by atoms with Crippen LogP contribution >= 0.6 is 0 Å². The molecule has 280 valence electrons. The van der Waals surface area contributed by atoms with Gasteiger partial charge in [0, 0.05) is 44.4 Å². The van der Waals surface area contributed by atoms with E-state index in [1.54, 1.807) is 0 Å². The van der Waals surface area contributed by atoms with E-state index in [0.717, 1.165) is 53.3 Å². The van der Waals surface area contributed by atoms with E-state index in [4.69, 9.17) is 9.41 Å². The van der Waals surface area contributed by atoms with Gasteiger partial charge in [0.25, 0.3) is 0 Å². The highest BCUT2D eigenvalue weighted by Crippen LogP contribution is 2.52. The molecule has 0 fully saturated rings. The SMILES string of the molecule is CCC1=C(c2ccccc2)/N=C(/CCC2c3ccccc3-c3ccc4c(c32)c2ccccc2n4-c2ccccc2)C(C)C\C=C\1c1ccc2oc3ccccc3c2c1. The Bertz CT molecular complexity index is 3140. The Morgan fingerprint density at radius 1 is 0.638 bits per heavy atom. The fourth-order valence-corrected chi connectivity index (χ4v) is 10.0. The first-order valence-electron chi connectivity index (χ1n) is 20.8. The Labute approximate surface area is 339 Å². The second-order valence-corrected chi connectivity index (χ2v) is 16.0. The van der Waals surface area contributed by atoms with Gasteiger partial charge >= 0.3 is 0 Å². The Balaban J connectivity index is 1.04. The molecule has 0 N–H and O–H groups in total. The van der Waals surface area contributed by atoms with E-state index in [-0.39, 0.29) is 11.8 Å². The number of aliphatic imine (C=N–C) groups is 1. The molecule has 2 aromatic heterocycles. The van der Waals surface area contributed by atoms with E-state index < -0.39 is 0 Å². The van der Waals surface area contributed by atoms with Crippen LogP contribution in [0.2, 0.25) is 0 Å². The Morgan fingerprint density at radius 2 is 1.36 bits per heavy atom. The normalized spacial score (nSPS) is 19.8. The number of para-hydroxylation sites is 3. The molecule has 0 saturated carbocycles. The summed E-state index contributed by atoms with van der Waals surface area (Å²) in [5.41, 5.74) is 18.5. The summed E-state index contributed by atoms with van der Waals surface area (Å²) >= 11 is 0. The minimum atomic E-state index is 0.252. The Morgan fingerprint density at radius 3 is 2.21 bits per heavy atom. The van der Waals surface area contributed by atoms with Crippen molar-refractivity contribution in [3.05, 3.63) is 198 Å². The first kappa shape index (κ1) is 34.5. The molecule has 2 aliphatic rings. The van der Waals surface area contributed by atoms with Crippen molar-refractivity contribution in [1.29, 1.82) is 0 Å². The van der Waals surface area contributed by atoms with Crippen molar-refractivity contribution >= 4 is 60.7 Å². The number of benzene rings is 7. The predicted molar refractivity (Wildman–Crippen MR) is 244 cm³/mol. The summed E-state index contributed by atoms with van der Waals surface area (Å²) in [5.74, 6) is 0.528. The number of hydrogen-bond acceptors (Lipinski definition) is 2. The molecule has 58 heavy (non-hydrogen) atoms. The van der Waals surface area contributed by atoms with Gasteiger partial charge in [-0.2, -0.15) is 0 Å². The standard InChI is InChI=1S/C55H44N2O/c1-3-39-40(37-27-33-52-47(34-37)43-22-13-15-25-51(43)58-52)28-26-35(2)48(56-55(39)36-16-6-4-7-17-36)31-29-44-41-20-10-11-21-42(41)45-30-32-50-54(53(44)45)46-23-12-14-24-49(46)57(50)38-18-8-5-9-19-38/h4-25,27-28,30,32-35,44H,3,26,29,31H2,1-2H3/b40-28+,55-39-,56-48-. The van der Waals surface area contributed by atoms with Crippen LogP contribution in [-0.2, 0) is 0 Å². The molecule has 0 saturated heterocycles. The molecule has 0 amide bonds. The average molecular weight is 749 g/mol. The first-order valence-corrected chi connectivity index (χ1v) is 20.8. The van der Waals surface area contributed by atoms with Crippen molar-refractivity contribution in [2.45, 2.75) is 45.4 Å². The maximum absolute atomic E-state index is 6.24. The minimum absolute atomic E-state index is 0.252. The monoisotopic (exact) mass is 748 g/mol. The van der Waals surface area contributed by atoms with E-state index in [9.17, 15) is 0 Å². The fourth-order valence-electron chi connectivity index (χ4n) is 10.0. The smallest absolute Gasteiger partial charge is 0.135 e. The summed E-state index contributed by atoms with van der Waals surface area (Å²) in [6, 6.07) is 59.5. The Kier molecular flexibility index (Phi) is 8.36. The van der Waals surface area contributed by atoms with Crippen molar-refractivity contribution in [2.24, 2.45) is 10.9 Å². The van der Waals surface area contributed by atoms with Crippen LogP contribution in [0.15, 0.2) is 185 Å². The molecular formula is C55H44N2O. The van der Waals surface area contributed by atoms with Crippen LogP contribution in [0.3, 0.4) is 0 Å². The van der Waals surface area contributed by atoms with Gasteiger partial charge in [-0.3, -0.25) is 4.99 Å². The maximum atomic E-state index is 6.24. The van der Waals surface area contributed by atoms with Crippen LogP contribution in [0, 0.1) is 5.92 Å². The lowest BCUT2D eigenvalue weighted by molar-refractivity contribution is 0.669. The maximum Gasteiger partial charge on any atom is 0.135 e. The van der Waals surface area contributed by atoms with Gasteiger partial charge in [0.15, 0.2) is 0 Å². The number of furan rings is 1. The lowest BCUT2D eigenvalue weighted by Gasteiger charge is -2.24. The summed E-state index contributed by atoms with van der Waals surface area (Å²) < 4.78 is 8.69. The van der Waals surface area contributed by atoms with Crippen LogP contribution in [0.25, 0.3) is 71.8 Å². The van der Waals surface area contributed by atoms with Crippen LogP contribution in [0.5, 0.6) is 0 Å². The van der Waals surface area contributed by atoms with E-state index >= 15 is 0 Å². The lowest BCUT2D eigenvalue weighted by atomic mass is 9.84. The quantitative estimate of drug-likeness (QED) is 0.160. The van der Waals surface area contributed by atoms with Crippen LogP contribution < -0.4 is 0 Å². The van der Waals surface area contributed by atoms with Crippen molar-refractivity contribution in [3.63, 3.8) is 0 Å². The summed E-state index contributed by atoms with van der Waals surface area (Å²) in [6.07, 6.45) is 6.19. The van der Waals surface area contributed by atoms with Gasteiger partial charge in [-0.25, -0.2) is 0 Å². The molecular weight excluding hydrogens is 705 g/mol. The third-order valence-corrected chi connectivity index (χ3v) is 12.8. The molecule has 2 atom stereocenters. The number of rotatable bonds is 7. The molecule has 3 nitrogen and oxygen atoms in total. The van der Waals surface area contributed by atoms with Crippen LogP contribution in [0.4, 0.5) is 0 Å². The predicted octanol–water partition coefficient (Wildman–Crippen LogP) is 15.0. The molecule has 0 radical (unpaired) electrons. The van der Waals surface area contributed by atoms with Gasteiger partial charge in [0.05, 0.1) is 16.7 Å². The number of fused-ring (bicyclic) bond motifs is 10. The zero-order valence-corrected chi connectivity index (χ0v) is 33.0. The van der Waals surface area contributed by atoms with Crippen molar-refractivity contribution in [2.75, 3.05) is 0 Å². The molecule has 0 bridgehead atoms. The number of nitrogens with zero attached hydrogens (tertiary/aromatic N) is 2. The molecule has 9 aromatic rings. The number of hydrogen-bond donors (Lipinski definition) is 0. The summed E-state index contributed by atoms with van der Waals surface area (Å²) in [6.45, 7) is 4.66. The zero-order valence-electron chi connectivity index (χ0n) is 33.0. The molecule has 3 heterocycles. The largest absolute Gasteiger partial charge is 0.456 e. The molecule has 11 rings (SSSR count). The number of allylic oxidation sites excluding steroid dienone is 3. The highest BCUT2D eigenvalue weighted by atomic mass is 16.3. The summed E-state index contributed by atoms with van der Waals surface area (Å²) in [5, 5.41) is 5.00. The van der Waals surface area contributed by atoms with Crippen LogP contribution in [-0.4, -0.2) is 10.3 Å². The molecule has 1 aliphatic heterocycles. The topological polar surface area (TPSA) is 30.4 Å². The van der Waals surface area contributed by atoms with Gasteiger partial charge in [-0.05, 0) is 113 Å². The van der Waals surface area contributed by atoms with Gasteiger partial charge < -0.3 is 8.98 Å². The highest BCUT2D eigenvalue weighted by Gasteiger charge is 2.33. The molecule has 1 aliphatic carbocycles. The van der Waals surface area contributed by atoms with E-state index in [1.165, 1.54) is 77.7 Å². The highest BCUT2D eigenvalue weighted by molar-refractivity contribution is 6.14. The van der Waals surface area contributed by atoms with E-state index in [0.29, 0.717) is 0 Å². The van der Waals surface area contributed by atoms with Crippen molar-refractivity contribution < 1.29 is 4.42 Å². The fraction of sp³-hybridized carbons (Fsp3) is 0.145. The second kappa shape index (κ2) is 14.0. The van der Waals surface area contributed by atoms with Gasteiger partial charge in [0.1, 0.15) is 11.2 Å². The molecule has 0 spiro atoms. The van der Waals surface area contributed by atoms with Crippen LogP contribution in [0.1, 0.15) is 67.7 Å².